The molecule has 0 aliphatic heterocycles. The number of hydrogen-bond acceptors (Lipinski definition) is 2. The van der Waals surface area contributed by atoms with Gasteiger partial charge in [-0.1, -0.05) is 12.1 Å². The summed E-state index contributed by atoms with van der Waals surface area (Å²) in [5.74, 6) is -0.941. The zero-order chi connectivity index (χ0) is 12.7. The smallest absolute Gasteiger partial charge is 0.126 e. The Bertz CT molecular complexity index is 518. The minimum Gasteiger partial charge on any atom is -0.508 e. The summed E-state index contributed by atoms with van der Waals surface area (Å²) in [4.78, 5) is 0. The highest BCUT2D eigenvalue weighted by Gasteiger charge is 1.88. The van der Waals surface area contributed by atoms with Crippen molar-refractivity contribution in [1.82, 2.24) is 0 Å². The maximum absolute atomic E-state index is 11.9. The van der Waals surface area contributed by atoms with Crippen LogP contribution in [0.4, 0.5) is 8.78 Å². The number of nitriles is 1. The van der Waals surface area contributed by atoms with Crippen LogP contribution in [0, 0.1) is 23.0 Å². The molecule has 17 heavy (non-hydrogen) atoms. The SMILES string of the molecule is Fc1cccc(F)c1.N#Cc1cccc(O)c1. The molecule has 2 aromatic rings. The lowest BCUT2D eigenvalue weighted by molar-refractivity contribution is 0.475. The van der Waals surface area contributed by atoms with E-state index >= 15 is 0 Å². The predicted octanol–water partition coefficient (Wildman–Crippen LogP) is 3.23. The number of rotatable bonds is 0. The van der Waals surface area contributed by atoms with Crippen LogP contribution in [0.3, 0.4) is 0 Å². The summed E-state index contributed by atoms with van der Waals surface area (Å²) in [6, 6.07) is 12.7. The van der Waals surface area contributed by atoms with E-state index in [-0.39, 0.29) is 5.75 Å². The molecule has 2 rings (SSSR count). The average Bonchev–Trinajstić information content (AvgIpc) is 2.29. The summed E-state index contributed by atoms with van der Waals surface area (Å²) in [6.45, 7) is 0. The fraction of sp³-hybridized carbons (Fsp3) is 0. The van der Waals surface area contributed by atoms with Gasteiger partial charge in [-0.2, -0.15) is 5.26 Å². The second kappa shape index (κ2) is 6.23. The monoisotopic (exact) mass is 233 g/mol. The van der Waals surface area contributed by atoms with E-state index in [1.807, 2.05) is 6.07 Å². The first kappa shape index (κ1) is 12.7. The Hall–Kier alpha value is -2.41. The molecule has 0 heterocycles. The third kappa shape index (κ3) is 4.76. The first-order chi connectivity index (χ1) is 8.11. The van der Waals surface area contributed by atoms with Crippen LogP contribution in [-0.4, -0.2) is 5.11 Å². The number of halogens is 2. The number of benzene rings is 2. The van der Waals surface area contributed by atoms with Gasteiger partial charge in [0.2, 0.25) is 0 Å². The molecule has 0 aromatic heterocycles. The minimum atomic E-state index is -0.537. The molecule has 86 valence electrons. The summed E-state index contributed by atoms with van der Waals surface area (Å²) >= 11 is 0. The zero-order valence-electron chi connectivity index (χ0n) is 8.77. The maximum Gasteiger partial charge on any atom is 0.126 e. The Balaban J connectivity index is 0.000000171. The molecule has 1 N–H and O–H groups in total. The lowest BCUT2D eigenvalue weighted by Gasteiger charge is -1.87. The van der Waals surface area contributed by atoms with Crippen molar-refractivity contribution >= 4 is 0 Å². The van der Waals surface area contributed by atoms with E-state index in [1.165, 1.54) is 30.3 Å². The van der Waals surface area contributed by atoms with E-state index in [9.17, 15) is 8.78 Å². The van der Waals surface area contributed by atoms with Crippen LogP contribution in [0.5, 0.6) is 5.75 Å². The van der Waals surface area contributed by atoms with Gasteiger partial charge in [-0.25, -0.2) is 8.78 Å². The molecule has 0 saturated carbocycles. The predicted molar refractivity (Wildman–Crippen MR) is 59.2 cm³/mol. The van der Waals surface area contributed by atoms with Gasteiger partial charge in [0.1, 0.15) is 17.4 Å². The Morgan fingerprint density at radius 1 is 0.941 bits per heavy atom. The largest absolute Gasteiger partial charge is 0.508 e. The van der Waals surface area contributed by atoms with Crippen molar-refractivity contribution in [2.24, 2.45) is 0 Å². The molecular formula is C13H9F2NO. The van der Waals surface area contributed by atoms with Crippen molar-refractivity contribution in [3.05, 3.63) is 65.7 Å². The van der Waals surface area contributed by atoms with E-state index in [2.05, 4.69) is 0 Å². The van der Waals surface area contributed by atoms with E-state index in [1.54, 1.807) is 12.1 Å². The highest BCUT2D eigenvalue weighted by Crippen LogP contribution is 2.08. The standard InChI is InChI=1S/C7H5NO.C6H4F2/c8-5-6-2-1-3-7(9)4-6;7-5-2-1-3-6(8)4-5/h1-4,9H;1-4H. The molecule has 0 aliphatic carbocycles. The summed E-state index contributed by atoms with van der Waals surface area (Å²) < 4.78 is 23.9. The van der Waals surface area contributed by atoms with Crippen molar-refractivity contribution in [2.75, 3.05) is 0 Å². The van der Waals surface area contributed by atoms with Crippen molar-refractivity contribution < 1.29 is 13.9 Å². The highest BCUT2D eigenvalue weighted by molar-refractivity contribution is 5.35. The molecule has 0 fully saturated rings. The van der Waals surface area contributed by atoms with Crippen molar-refractivity contribution in [3.63, 3.8) is 0 Å². The van der Waals surface area contributed by atoms with Crippen LogP contribution >= 0.6 is 0 Å². The molecular weight excluding hydrogens is 224 g/mol. The molecule has 0 amide bonds. The van der Waals surface area contributed by atoms with Crippen LogP contribution < -0.4 is 0 Å². The molecule has 0 spiro atoms. The fourth-order valence-electron chi connectivity index (χ4n) is 1.04. The van der Waals surface area contributed by atoms with E-state index in [0.717, 1.165) is 6.07 Å². The van der Waals surface area contributed by atoms with Gasteiger partial charge in [0, 0.05) is 6.07 Å². The molecule has 0 saturated heterocycles. The molecule has 0 aliphatic rings. The second-order valence-electron chi connectivity index (χ2n) is 3.10. The van der Waals surface area contributed by atoms with E-state index in [0.29, 0.717) is 5.56 Å². The zero-order valence-corrected chi connectivity index (χ0v) is 8.77. The molecule has 0 bridgehead atoms. The quantitative estimate of drug-likeness (QED) is 0.759. The lowest BCUT2D eigenvalue weighted by Crippen LogP contribution is -1.73. The maximum atomic E-state index is 11.9. The Morgan fingerprint density at radius 3 is 1.88 bits per heavy atom. The van der Waals surface area contributed by atoms with Crippen molar-refractivity contribution in [2.45, 2.75) is 0 Å². The molecule has 0 radical (unpaired) electrons. The highest BCUT2D eigenvalue weighted by atomic mass is 19.1. The topological polar surface area (TPSA) is 44.0 Å². The normalized spacial score (nSPS) is 8.76. The second-order valence-corrected chi connectivity index (χ2v) is 3.10. The first-order valence-corrected chi connectivity index (χ1v) is 4.72. The summed E-state index contributed by atoms with van der Waals surface area (Å²) in [7, 11) is 0. The van der Waals surface area contributed by atoms with E-state index in [4.69, 9.17) is 10.4 Å². The van der Waals surface area contributed by atoms with Crippen molar-refractivity contribution in [3.8, 4) is 11.8 Å². The van der Waals surface area contributed by atoms with Gasteiger partial charge in [-0.05, 0) is 30.3 Å². The molecule has 4 heteroatoms. The van der Waals surface area contributed by atoms with Gasteiger partial charge in [-0.15, -0.1) is 0 Å². The van der Waals surface area contributed by atoms with Gasteiger partial charge < -0.3 is 5.11 Å². The van der Waals surface area contributed by atoms with E-state index < -0.39 is 11.6 Å². The number of phenols is 1. The third-order valence-electron chi connectivity index (χ3n) is 1.76. The molecule has 0 atom stereocenters. The van der Waals surface area contributed by atoms with Crippen molar-refractivity contribution in [1.29, 1.82) is 5.26 Å². The molecule has 2 aromatic carbocycles. The Labute approximate surface area is 97.4 Å². The number of hydrogen-bond donors (Lipinski definition) is 1. The summed E-state index contributed by atoms with van der Waals surface area (Å²) in [5.41, 5.74) is 0.481. The van der Waals surface area contributed by atoms with Crippen LogP contribution in [0.15, 0.2) is 48.5 Å². The van der Waals surface area contributed by atoms with Crippen LogP contribution in [0.25, 0.3) is 0 Å². The Kier molecular flexibility index (Phi) is 4.64. The number of aromatic hydroxyl groups is 1. The number of phenolic OH excluding ortho intramolecular Hbond substituents is 1. The average molecular weight is 233 g/mol. The van der Waals surface area contributed by atoms with Gasteiger partial charge in [-0.3, -0.25) is 0 Å². The van der Waals surface area contributed by atoms with Crippen LogP contribution in [-0.2, 0) is 0 Å². The van der Waals surface area contributed by atoms with Gasteiger partial charge in [0.25, 0.3) is 0 Å². The molecule has 0 unspecified atom stereocenters. The summed E-state index contributed by atoms with van der Waals surface area (Å²) in [5, 5.41) is 17.1. The number of nitrogens with zero attached hydrogens (tertiary/aromatic N) is 1. The first-order valence-electron chi connectivity index (χ1n) is 4.72. The minimum absolute atomic E-state index is 0.133. The molecule has 2 nitrogen and oxygen atoms in total. The van der Waals surface area contributed by atoms with Crippen LogP contribution in [0.1, 0.15) is 5.56 Å². The van der Waals surface area contributed by atoms with Gasteiger partial charge in [0.05, 0.1) is 11.6 Å². The third-order valence-corrected chi connectivity index (χ3v) is 1.76. The lowest BCUT2D eigenvalue weighted by atomic mass is 10.2. The van der Waals surface area contributed by atoms with Gasteiger partial charge >= 0.3 is 0 Å². The van der Waals surface area contributed by atoms with Crippen LogP contribution in [0.2, 0.25) is 0 Å². The van der Waals surface area contributed by atoms with Gasteiger partial charge in [0.15, 0.2) is 0 Å². The fourth-order valence-corrected chi connectivity index (χ4v) is 1.04. The Morgan fingerprint density at radius 2 is 1.53 bits per heavy atom. The summed E-state index contributed by atoms with van der Waals surface area (Å²) in [6.07, 6.45) is 0.